The van der Waals surface area contributed by atoms with Crippen LogP contribution in [0.1, 0.15) is 19.3 Å². The third-order valence-electron chi connectivity index (χ3n) is 1.92. The van der Waals surface area contributed by atoms with Crippen molar-refractivity contribution in [2.75, 3.05) is 20.1 Å². The molecule has 3 heteroatoms. The van der Waals surface area contributed by atoms with Crippen molar-refractivity contribution in [3.63, 3.8) is 0 Å². The van der Waals surface area contributed by atoms with E-state index in [-0.39, 0.29) is 18.5 Å². The highest BCUT2D eigenvalue weighted by atomic mass is 35.5. The molecular weight excluding hydrogens is 150 g/mol. The molecule has 0 aromatic heterocycles. The van der Waals surface area contributed by atoms with Gasteiger partial charge in [-0.25, -0.2) is 0 Å². The second kappa shape index (κ2) is 4.94. The molecule has 1 aliphatic rings. The Morgan fingerprint density at radius 3 is 2.70 bits per heavy atom. The van der Waals surface area contributed by atoms with Crippen LogP contribution in [-0.4, -0.2) is 36.2 Å². The standard InChI is InChI=1S/C7H15NO.ClH/c1-8-5-2-3-7(9)4-6-8;/h7,9H,2-6H2,1H3;1H/t7-;/m0./s1. The fourth-order valence-corrected chi connectivity index (χ4v) is 1.22. The Bertz CT molecular complexity index is 79.7. The van der Waals surface area contributed by atoms with Gasteiger partial charge in [0.15, 0.2) is 0 Å². The highest BCUT2D eigenvalue weighted by molar-refractivity contribution is 5.85. The maximum Gasteiger partial charge on any atom is 0.0553 e. The highest BCUT2D eigenvalue weighted by Gasteiger charge is 2.10. The molecule has 62 valence electrons. The zero-order valence-electron chi connectivity index (χ0n) is 6.42. The number of aliphatic hydroxyl groups excluding tert-OH is 1. The van der Waals surface area contributed by atoms with Gasteiger partial charge in [-0.05, 0) is 32.9 Å². The van der Waals surface area contributed by atoms with Crippen molar-refractivity contribution in [2.45, 2.75) is 25.4 Å². The zero-order valence-corrected chi connectivity index (χ0v) is 7.23. The second-order valence-electron chi connectivity index (χ2n) is 2.89. The number of hydrogen-bond donors (Lipinski definition) is 1. The van der Waals surface area contributed by atoms with E-state index in [1.807, 2.05) is 0 Å². The van der Waals surface area contributed by atoms with Gasteiger partial charge in [0.1, 0.15) is 0 Å². The van der Waals surface area contributed by atoms with Crippen molar-refractivity contribution in [3.05, 3.63) is 0 Å². The average molecular weight is 166 g/mol. The van der Waals surface area contributed by atoms with Crippen LogP contribution in [0, 0.1) is 0 Å². The Hall–Kier alpha value is 0.210. The van der Waals surface area contributed by atoms with Gasteiger partial charge in [0, 0.05) is 6.54 Å². The van der Waals surface area contributed by atoms with Gasteiger partial charge in [0.2, 0.25) is 0 Å². The summed E-state index contributed by atoms with van der Waals surface area (Å²) in [4.78, 5) is 2.27. The molecule has 0 saturated carbocycles. The van der Waals surface area contributed by atoms with Crippen molar-refractivity contribution >= 4 is 12.4 Å². The molecule has 0 amide bonds. The van der Waals surface area contributed by atoms with Crippen LogP contribution in [0.15, 0.2) is 0 Å². The third kappa shape index (κ3) is 3.40. The summed E-state index contributed by atoms with van der Waals surface area (Å²) in [5.41, 5.74) is 0. The molecule has 10 heavy (non-hydrogen) atoms. The highest BCUT2D eigenvalue weighted by Crippen LogP contribution is 2.08. The Kier molecular flexibility index (Phi) is 5.04. The van der Waals surface area contributed by atoms with E-state index >= 15 is 0 Å². The summed E-state index contributed by atoms with van der Waals surface area (Å²) in [6.45, 7) is 2.21. The van der Waals surface area contributed by atoms with Crippen LogP contribution in [0.25, 0.3) is 0 Å². The molecule has 0 aliphatic carbocycles. The number of rotatable bonds is 0. The molecule has 0 bridgehead atoms. The first-order valence-electron chi connectivity index (χ1n) is 3.65. The maximum atomic E-state index is 9.18. The third-order valence-corrected chi connectivity index (χ3v) is 1.92. The van der Waals surface area contributed by atoms with Crippen LogP contribution in [0.3, 0.4) is 0 Å². The number of likely N-dealkylation sites (tertiary alicyclic amines) is 1. The number of hydrogen-bond acceptors (Lipinski definition) is 2. The summed E-state index contributed by atoms with van der Waals surface area (Å²) in [7, 11) is 2.11. The molecular formula is C7H16ClNO. The fourth-order valence-electron chi connectivity index (χ4n) is 1.22. The van der Waals surface area contributed by atoms with Gasteiger partial charge in [-0.1, -0.05) is 0 Å². The van der Waals surface area contributed by atoms with E-state index in [4.69, 9.17) is 0 Å². The summed E-state index contributed by atoms with van der Waals surface area (Å²) in [6, 6.07) is 0. The summed E-state index contributed by atoms with van der Waals surface area (Å²) in [5, 5.41) is 9.18. The minimum atomic E-state index is -0.0325. The summed E-state index contributed by atoms with van der Waals surface area (Å²) < 4.78 is 0. The van der Waals surface area contributed by atoms with Gasteiger partial charge in [-0.15, -0.1) is 12.4 Å². The van der Waals surface area contributed by atoms with Gasteiger partial charge in [0.25, 0.3) is 0 Å². The monoisotopic (exact) mass is 165 g/mol. The second-order valence-corrected chi connectivity index (χ2v) is 2.89. The molecule has 2 nitrogen and oxygen atoms in total. The molecule has 0 aromatic rings. The van der Waals surface area contributed by atoms with Crippen molar-refractivity contribution in [3.8, 4) is 0 Å². The minimum absolute atomic E-state index is 0. The van der Waals surface area contributed by atoms with E-state index in [1.165, 1.54) is 0 Å². The largest absolute Gasteiger partial charge is 0.393 e. The molecule has 0 radical (unpaired) electrons. The van der Waals surface area contributed by atoms with Crippen LogP contribution in [0.4, 0.5) is 0 Å². The topological polar surface area (TPSA) is 23.5 Å². The molecule has 1 heterocycles. The first-order chi connectivity index (χ1) is 4.29. The number of nitrogens with zero attached hydrogens (tertiary/aromatic N) is 1. The molecule has 0 spiro atoms. The number of aliphatic hydroxyl groups is 1. The van der Waals surface area contributed by atoms with Gasteiger partial charge >= 0.3 is 0 Å². The Morgan fingerprint density at radius 1 is 1.30 bits per heavy atom. The van der Waals surface area contributed by atoms with Gasteiger partial charge in [-0.2, -0.15) is 0 Å². The lowest BCUT2D eigenvalue weighted by Crippen LogP contribution is -2.19. The Morgan fingerprint density at radius 2 is 2.00 bits per heavy atom. The van der Waals surface area contributed by atoms with Crippen molar-refractivity contribution in [1.29, 1.82) is 0 Å². The predicted octanol–water partition coefficient (Wildman–Crippen LogP) is 0.885. The van der Waals surface area contributed by atoms with E-state index in [0.29, 0.717) is 0 Å². The fraction of sp³-hybridized carbons (Fsp3) is 1.00. The Labute approximate surface area is 68.6 Å². The Balaban J connectivity index is 0.000000810. The van der Waals surface area contributed by atoms with Crippen molar-refractivity contribution < 1.29 is 5.11 Å². The minimum Gasteiger partial charge on any atom is -0.393 e. The van der Waals surface area contributed by atoms with E-state index in [0.717, 1.165) is 32.4 Å². The molecule has 1 atom stereocenters. The van der Waals surface area contributed by atoms with E-state index in [1.54, 1.807) is 0 Å². The first kappa shape index (κ1) is 10.2. The lowest BCUT2D eigenvalue weighted by molar-refractivity contribution is 0.157. The van der Waals surface area contributed by atoms with Crippen LogP contribution >= 0.6 is 12.4 Å². The quantitative estimate of drug-likeness (QED) is 0.576. The van der Waals surface area contributed by atoms with E-state index in [2.05, 4.69) is 11.9 Å². The van der Waals surface area contributed by atoms with Crippen LogP contribution in [-0.2, 0) is 0 Å². The first-order valence-corrected chi connectivity index (χ1v) is 3.65. The smallest absolute Gasteiger partial charge is 0.0553 e. The van der Waals surface area contributed by atoms with Gasteiger partial charge in [0.05, 0.1) is 6.10 Å². The molecule has 1 saturated heterocycles. The molecule has 1 aliphatic heterocycles. The molecule has 1 rings (SSSR count). The maximum absolute atomic E-state index is 9.18. The summed E-state index contributed by atoms with van der Waals surface area (Å²) in [6.07, 6.45) is 3.06. The van der Waals surface area contributed by atoms with Crippen LogP contribution in [0.5, 0.6) is 0 Å². The average Bonchev–Trinajstić information content (AvgIpc) is 1.97. The van der Waals surface area contributed by atoms with Gasteiger partial charge in [-0.3, -0.25) is 0 Å². The zero-order chi connectivity index (χ0) is 6.69. The predicted molar refractivity (Wildman–Crippen MR) is 44.6 cm³/mol. The number of halogens is 1. The molecule has 1 N–H and O–H groups in total. The lowest BCUT2D eigenvalue weighted by atomic mass is 10.2. The normalized spacial score (nSPS) is 28.8. The summed E-state index contributed by atoms with van der Waals surface area (Å²) >= 11 is 0. The molecule has 0 aromatic carbocycles. The van der Waals surface area contributed by atoms with Crippen molar-refractivity contribution in [1.82, 2.24) is 4.90 Å². The SMILES string of the molecule is CN1CCC[C@H](O)CC1.Cl. The summed E-state index contributed by atoms with van der Waals surface area (Å²) in [5.74, 6) is 0. The lowest BCUT2D eigenvalue weighted by Gasteiger charge is -2.10. The van der Waals surface area contributed by atoms with Crippen LogP contribution < -0.4 is 0 Å². The molecule has 0 unspecified atom stereocenters. The van der Waals surface area contributed by atoms with Crippen molar-refractivity contribution in [2.24, 2.45) is 0 Å². The van der Waals surface area contributed by atoms with E-state index < -0.39 is 0 Å². The van der Waals surface area contributed by atoms with Gasteiger partial charge < -0.3 is 10.0 Å². The van der Waals surface area contributed by atoms with Crippen LogP contribution in [0.2, 0.25) is 0 Å². The van der Waals surface area contributed by atoms with E-state index in [9.17, 15) is 5.11 Å². The molecule has 1 fully saturated rings.